The molecule has 0 atom stereocenters. The lowest BCUT2D eigenvalue weighted by Crippen LogP contribution is -1.99. The maximum Gasteiger partial charge on any atom is 0.161 e. The molecule has 0 spiro atoms. The Morgan fingerprint density at radius 2 is 0.783 bits per heavy atom. The van der Waals surface area contributed by atoms with Crippen molar-refractivity contribution in [2.24, 2.45) is 0 Å². The highest BCUT2D eigenvalue weighted by Gasteiger charge is 2.23. The van der Waals surface area contributed by atoms with Gasteiger partial charge in [-0.3, -0.25) is 0 Å². The molecule has 0 bridgehead atoms. The minimum atomic E-state index is 0.611. The van der Waals surface area contributed by atoms with Crippen LogP contribution in [0.25, 0.3) is 122 Å². The lowest BCUT2D eigenvalue weighted by Gasteiger charge is -2.18. The van der Waals surface area contributed by atoms with E-state index >= 15 is 0 Å². The summed E-state index contributed by atoms with van der Waals surface area (Å²) >= 11 is 0. The molecule has 0 aliphatic heterocycles. The highest BCUT2D eigenvalue weighted by Crippen LogP contribution is 2.45. The van der Waals surface area contributed by atoms with E-state index in [0.29, 0.717) is 5.82 Å². The molecule has 60 heavy (non-hydrogen) atoms. The van der Waals surface area contributed by atoms with Crippen molar-refractivity contribution in [3.05, 3.63) is 206 Å². The number of furan rings is 2. The van der Waals surface area contributed by atoms with Crippen LogP contribution in [0, 0.1) is 0 Å². The Balaban J connectivity index is 1.18. The van der Waals surface area contributed by atoms with E-state index in [4.69, 9.17) is 18.8 Å². The fourth-order valence-corrected chi connectivity index (χ4v) is 8.92. The van der Waals surface area contributed by atoms with Gasteiger partial charge in [0.25, 0.3) is 0 Å². The van der Waals surface area contributed by atoms with Crippen molar-refractivity contribution in [2.45, 2.75) is 0 Å². The highest BCUT2D eigenvalue weighted by atomic mass is 16.3. The number of rotatable bonds is 6. The average molecular weight is 767 g/mol. The first kappa shape index (κ1) is 34.0. The molecule has 3 aromatic heterocycles. The van der Waals surface area contributed by atoms with Gasteiger partial charge in [-0.05, 0) is 69.1 Å². The van der Waals surface area contributed by atoms with Gasteiger partial charge in [-0.1, -0.05) is 176 Å². The number of hydrogen-bond donors (Lipinski definition) is 0. The van der Waals surface area contributed by atoms with E-state index < -0.39 is 0 Å². The van der Waals surface area contributed by atoms with Crippen LogP contribution in [0.15, 0.2) is 215 Å². The maximum atomic E-state index is 6.65. The molecule has 9 aromatic carbocycles. The zero-order valence-electron chi connectivity index (χ0n) is 32.3. The molecule has 0 amide bonds. The van der Waals surface area contributed by atoms with E-state index in [1.54, 1.807) is 0 Å². The van der Waals surface area contributed by atoms with Crippen molar-refractivity contribution in [1.82, 2.24) is 9.97 Å². The third kappa shape index (κ3) is 5.53. The van der Waals surface area contributed by atoms with Gasteiger partial charge >= 0.3 is 0 Å². The molecule has 12 rings (SSSR count). The van der Waals surface area contributed by atoms with Crippen molar-refractivity contribution < 1.29 is 8.83 Å². The van der Waals surface area contributed by atoms with Gasteiger partial charge in [0.1, 0.15) is 22.3 Å². The Morgan fingerprint density at radius 1 is 0.317 bits per heavy atom. The van der Waals surface area contributed by atoms with Gasteiger partial charge in [0.05, 0.1) is 11.4 Å². The molecule has 0 aliphatic carbocycles. The fourth-order valence-electron chi connectivity index (χ4n) is 8.92. The number of nitrogens with zero attached hydrogens (tertiary/aromatic N) is 2. The van der Waals surface area contributed by atoms with Gasteiger partial charge in [-0.2, -0.15) is 0 Å². The molecular weight excluding hydrogens is 733 g/mol. The van der Waals surface area contributed by atoms with Crippen LogP contribution in [-0.4, -0.2) is 9.97 Å². The Kier molecular flexibility index (Phi) is 7.82. The van der Waals surface area contributed by atoms with Gasteiger partial charge in [0, 0.05) is 43.6 Å². The van der Waals surface area contributed by atoms with E-state index in [2.05, 4.69) is 182 Å². The van der Waals surface area contributed by atoms with E-state index in [9.17, 15) is 0 Å². The van der Waals surface area contributed by atoms with Crippen molar-refractivity contribution >= 4 is 54.6 Å². The van der Waals surface area contributed by atoms with Crippen molar-refractivity contribution in [1.29, 1.82) is 0 Å². The topological polar surface area (TPSA) is 52.1 Å². The zero-order valence-corrected chi connectivity index (χ0v) is 32.3. The summed E-state index contributed by atoms with van der Waals surface area (Å²) in [5.74, 6) is 0.611. The molecule has 4 nitrogen and oxygen atoms in total. The summed E-state index contributed by atoms with van der Waals surface area (Å²) in [5, 5.41) is 6.41. The van der Waals surface area contributed by atoms with Crippen LogP contribution in [0.5, 0.6) is 0 Å². The predicted molar refractivity (Wildman–Crippen MR) is 247 cm³/mol. The average Bonchev–Trinajstić information content (AvgIpc) is 3.90. The zero-order chi connectivity index (χ0) is 39.6. The second kappa shape index (κ2) is 13.8. The highest BCUT2D eigenvalue weighted by molar-refractivity contribution is 6.13. The number of para-hydroxylation sites is 4. The van der Waals surface area contributed by atoms with Gasteiger partial charge in [0.15, 0.2) is 5.82 Å². The van der Waals surface area contributed by atoms with Crippen LogP contribution < -0.4 is 0 Å². The molecule has 0 fully saturated rings. The van der Waals surface area contributed by atoms with Crippen molar-refractivity contribution in [3.8, 4) is 67.3 Å². The Labute approximate surface area is 345 Å². The van der Waals surface area contributed by atoms with E-state index in [-0.39, 0.29) is 0 Å². The van der Waals surface area contributed by atoms with Crippen LogP contribution in [0.1, 0.15) is 0 Å². The summed E-state index contributed by atoms with van der Waals surface area (Å²) in [7, 11) is 0. The minimum Gasteiger partial charge on any atom is -0.455 e. The molecule has 0 aliphatic rings. The second-order valence-corrected chi connectivity index (χ2v) is 15.2. The Hall–Kier alpha value is -8.08. The monoisotopic (exact) mass is 766 g/mol. The smallest absolute Gasteiger partial charge is 0.161 e. The summed E-state index contributed by atoms with van der Waals surface area (Å²) in [5.41, 5.74) is 14.2. The molecule has 4 heteroatoms. The van der Waals surface area contributed by atoms with Gasteiger partial charge < -0.3 is 8.83 Å². The largest absolute Gasteiger partial charge is 0.455 e. The fraction of sp³-hybridized carbons (Fsp3) is 0. The van der Waals surface area contributed by atoms with E-state index in [0.717, 1.165) is 111 Å². The molecular formula is C56H34N2O2. The maximum absolute atomic E-state index is 6.65. The van der Waals surface area contributed by atoms with Gasteiger partial charge in [0.2, 0.25) is 0 Å². The number of fused-ring (bicyclic) bond motifs is 7. The van der Waals surface area contributed by atoms with Crippen LogP contribution in [0.2, 0.25) is 0 Å². The van der Waals surface area contributed by atoms with Crippen LogP contribution in [0.3, 0.4) is 0 Å². The first-order valence-corrected chi connectivity index (χ1v) is 20.2. The molecule has 0 saturated heterocycles. The van der Waals surface area contributed by atoms with E-state index in [1.165, 1.54) is 5.56 Å². The number of aromatic nitrogens is 2. The molecule has 280 valence electrons. The predicted octanol–water partition coefficient (Wildman–Crippen LogP) is 15.4. The molecule has 0 unspecified atom stereocenters. The Morgan fingerprint density at radius 3 is 1.40 bits per heavy atom. The number of hydrogen-bond acceptors (Lipinski definition) is 4. The van der Waals surface area contributed by atoms with Crippen molar-refractivity contribution in [2.75, 3.05) is 0 Å². The summed E-state index contributed by atoms with van der Waals surface area (Å²) in [6.07, 6.45) is 0. The van der Waals surface area contributed by atoms with Crippen LogP contribution >= 0.6 is 0 Å². The quantitative estimate of drug-likeness (QED) is 0.169. The molecule has 0 radical (unpaired) electrons. The minimum absolute atomic E-state index is 0.611. The standard InChI is InChI=1S/C56H34N2O2/c1-3-14-35(15-4-1)36-28-30-38(31-29-36)41-33-32-39-18-11-21-40(37-16-5-2-6-17-37)52(39)53(41)56-57-48(46-24-12-22-44-42-19-7-9-26-50(42)59-54(44)46)34-49(58-56)47-25-13-23-45-43-20-8-10-27-51(43)60-55(45)47/h1-34H. The molecule has 0 saturated carbocycles. The molecule has 12 aromatic rings. The Bertz CT molecular complexity index is 3450. The summed E-state index contributed by atoms with van der Waals surface area (Å²) in [6, 6.07) is 72.0. The van der Waals surface area contributed by atoms with Crippen molar-refractivity contribution in [3.63, 3.8) is 0 Å². The SMILES string of the molecule is c1ccc(-c2ccc(-c3ccc4cccc(-c5ccccc5)c4c3-c3nc(-c4cccc5c4oc4ccccc45)cc(-c4cccc5c4oc4ccccc45)n3)cc2)cc1. The third-order valence-corrected chi connectivity index (χ3v) is 11.7. The van der Waals surface area contributed by atoms with Gasteiger partial charge in [-0.15, -0.1) is 0 Å². The normalized spacial score (nSPS) is 11.7. The molecule has 0 N–H and O–H groups in total. The third-order valence-electron chi connectivity index (χ3n) is 11.7. The molecule has 3 heterocycles. The summed E-state index contributed by atoms with van der Waals surface area (Å²) in [6.45, 7) is 0. The summed E-state index contributed by atoms with van der Waals surface area (Å²) in [4.78, 5) is 11.2. The lowest BCUT2D eigenvalue weighted by molar-refractivity contribution is 0.669. The van der Waals surface area contributed by atoms with Crippen LogP contribution in [-0.2, 0) is 0 Å². The first-order chi connectivity index (χ1) is 29.7. The number of benzene rings is 9. The second-order valence-electron chi connectivity index (χ2n) is 15.2. The summed E-state index contributed by atoms with van der Waals surface area (Å²) < 4.78 is 13.3. The lowest BCUT2D eigenvalue weighted by atomic mass is 9.88. The van der Waals surface area contributed by atoms with Crippen LogP contribution in [0.4, 0.5) is 0 Å². The first-order valence-electron chi connectivity index (χ1n) is 20.2. The van der Waals surface area contributed by atoms with E-state index in [1.807, 2.05) is 24.3 Å². The van der Waals surface area contributed by atoms with Gasteiger partial charge in [-0.25, -0.2) is 9.97 Å².